The van der Waals surface area contributed by atoms with Gasteiger partial charge in [-0.2, -0.15) is 18.4 Å². The van der Waals surface area contributed by atoms with Gasteiger partial charge >= 0.3 is 6.18 Å². The molecular formula is C18H20F3N5O. The van der Waals surface area contributed by atoms with Crippen LogP contribution in [0.5, 0.6) is 0 Å². The summed E-state index contributed by atoms with van der Waals surface area (Å²) in [5.41, 5.74) is 1.70. The first-order chi connectivity index (χ1) is 12.7. The molecule has 0 unspecified atom stereocenters. The number of H-pyrrole nitrogens is 1. The fourth-order valence-electron chi connectivity index (χ4n) is 3.80. The monoisotopic (exact) mass is 379 g/mol. The maximum absolute atomic E-state index is 12.6. The number of halogens is 3. The SMILES string of the molecule is CC[C@@H]1CN(C(=O)CC(F)(F)F)C[C@@H]1N(C)c1c(C#N)cnc2[nH]ccc12. The summed E-state index contributed by atoms with van der Waals surface area (Å²) in [6.45, 7) is 2.43. The summed E-state index contributed by atoms with van der Waals surface area (Å²) in [4.78, 5) is 22.4. The van der Waals surface area contributed by atoms with Gasteiger partial charge in [0.2, 0.25) is 5.91 Å². The third-order valence-corrected chi connectivity index (χ3v) is 5.16. The topological polar surface area (TPSA) is 76.0 Å². The predicted molar refractivity (Wildman–Crippen MR) is 94.0 cm³/mol. The van der Waals surface area contributed by atoms with Crippen LogP contribution < -0.4 is 4.90 Å². The van der Waals surface area contributed by atoms with Gasteiger partial charge in [0.05, 0.1) is 17.3 Å². The van der Waals surface area contributed by atoms with Crippen LogP contribution in [-0.2, 0) is 4.79 Å². The van der Waals surface area contributed by atoms with Gasteiger partial charge in [0.1, 0.15) is 18.1 Å². The number of aromatic amines is 1. The molecule has 1 saturated heterocycles. The molecule has 1 fully saturated rings. The molecule has 6 nitrogen and oxygen atoms in total. The highest BCUT2D eigenvalue weighted by Gasteiger charge is 2.41. The van der Waals surface area contributed by atoms with Crippen molar-refractivity contribution in [2.75, 3.05) is 25.0 Å². The number of hydrogen-bond acceptors (Lipinski definition) is 4. The number of likely N-dealkylation sites (N-methyl/N-ethyl adjacent to an activating group) is 1. The Morgan fingerprint density at radius 2 is 2.22 bits per heavy atom. The van der Waals surface area contributed by atoms with Crippen molar-refractivity contribution < 1.29 is 18.0 Å². The molecule has 1 amide bonds. The Hall–Kier alpha value is -2.76. The van der Waals surface area contributed by atoms with Gasteiger partial charge in [0.25, 0.3) is 0 Å². The molecule has 2 atom stereocenters. The Balaban J connectivity index is 1.90. The summed E-state index contributed by atoms with van der Waals surface area (Å²) < 4.78 is 37.8. The number of anilines is 1. The number of hydrogen-bond donors (Lipinski definition) is 1. The van der Waals surface area contributed by atoms with E-state index >= 15 is 0 Å². The highest BCUT2D eigenvalue weighted by Crippen LogP contribution is 2.34. The van der Waals surface area contributed by atoms with E-state index in [-0.39, 0.29) is 25.0 Å². The van der Waals surface area contributed by atoms with Crippen LogP contribution in [0.1, 0.15) is 25.3 Å². The fraction of sp³-hybridized carbons (Fsp3) is 0.500. The van der Waals surface area contributed by atoms with Crippen molar-refractivity contribution in [3.05, 3.63) is 24.0 Å². The molecule has 9 heteroatoms. The summed E-state index contributed by atoms with van der Waals surface area (Å²) in [6.07, 6.45) is -2.04. The second kappa shape index (κ2) is 7.10. The molecule has 3 rings (SSSR count). The zero-order chi connectivity index (χ0) is 19.8. The van der Waals surface area contributed by atoms with Gasteiger partial charge in [0.15, 0.2) is 0 Å². The summed E-state index contributed by atoms with van der Waals surface area (Å²) in [5, 5.41) is 10.3. The van der Waals surface area contributed by atoms with Crippen LogP contribution in [-0.4, -0.2) is 53.1 Å². The van der Waals surface area contributed by atoms with Gasteiger partial charge in [-0.1, -0.05) is 6.92 Å². The van der Waals surface area contributed by atoms with Crippen molar-refractivity contribution in [2.24, 2.45) is 5.92 Å². The summed E-state index contributed by atoms with van der Waals surface area (Å²) in [7, 11) is 1.81. The van der Waals surface area contributed by atoms with Crippen molar-refractivity contribution in [1.29, 1.82) is 5.26 Å². The minimum atomic E-state index is -4.51. The van der Waals surface area contributed by atoms with Crippen molar-refractivity contribution in [3.8, 4) is 6.07 Å². The average Bonchev–Trinajstić information content (AvgIpc) is 3.25. The molecule has 1 aliphatic rings. The van der Waals surface area contributed by atoms with Gasteiger partial charge < -0.3 is 14.8 Å². The van der Waals surface area contributed by atoms with Crippen molar-refractivity contribution in [1.82, 2.24) is 14.9 Å². The number of aromatic nitrogens is 2. The van der Waals surface area contributed by atoms with Crippen LogP contribution in [0, 0.1) is 17.2 Å². The molecule has 0 radical (unpaired) electrons. The van der Waals surface area contributed by atoms with Crippen molar-refractivity contribution in [2.45, 2.75) is 32.0 Å². The molecule has 0 spiro atoms. The van der Waals surface area contributed by atoms with Crippen LogP contribution in [0.25, 0.3) is 11.0 Å². The van der Waals surface area contributed by atoms with Crippen LogP contribution in [0.15, 0.2) is 18.5 Å². The minimum absolute atomic E-state index is 0.0147. The zero-order valence-corrected chi connectivity index (χ0v) is 15.0. The molecule has 1 aliphatic heterocycles. The number of nitriles is 1. The van der Waals surface area contributed by atoms with Crippen LogP contribution >= 0.6 is 0 Å². The number of likely N-dealkylation sites (tertiary alicyclic amines) is 1. The number of pyridine rings is 1. The Morgan fingerprint density at radius 3 is 2.85 bits per heavy atom. The highest BCUT2D eigenvalue weighted by atomic mass is 19.4. The Labute approximate surface area is 154 Å². The maximum atomic E-state index is 12.6. The fourth-order valence-corrected chi connectivity index (χ4v) is 3.80. The smallest absolute Gasteiger partial charge is 0.368 e. The first-order valence-corrected chi connectivity index (χ1v) is 8.68. The molecule has 2 aromatic heterocycles. The highest BCUT2D eigenvalue weighted by molar-refractivity contribution is 5.93. The Kier molecular flexibility index (Phi) is 5.00. The Morgan fingerprint density at radius 1 is 1.48 bits per heavy atom. The standard InChI is InChI=1S/C18H20F3N5O/c1-3-11-9-26(15(27)6-18(19,20)21)10-14(11)25(2)16-12(7-22)8-24-17-13(16)4-5-23-17/h4-5,8,11,14H,3,6,9-10H2,1-2H3,(H,23,24)/t11-,14+/m1/s1. The number of fused-ring (bicyclic) bond motifs is 1. The first-order valence-electron chi connectivity index (χ1n) is 8.68. The van der Waals surface area contributed by atoms with E-state index in [0.29, 0.717) is 23.3 Å². The van der Waals surface area contributed by atoms with E-state index in [1.807, 2.05) is 24.9 Å². The molecule has 1 N–H and O–H groups in total. The average molecular weight is 379 g/mol. The summed E-state index contributed by atoms with van der Waals surface area (Å²) in [5.74, 6) is -0.889. The van der Waals surface area contributed by atoms with E-state index in [4.69, 9.17) is 0 Å². The summed E-state index contributed by atoms with van der Waals surface area (Å²) >= 11 is 0. The molecule has 0 saturated carbocycles. The van der Waals surface area contributed by atoms with E-state index in [2.05, 4.69) is 16.0 Å². The van der Waals surface area contributed by atoms with Gasteiger partial charge in [-0.15, -0.1) is 0 Å². The first kappa shape index (κ1) is 19.0. The molecule has 0 aromatic carbocycles. The van der Waals surface area contributed by atoms with Gasteiger partial charge in [0, 0.05) is 37.9 Å². The van der Waals surface area contributed by atoms with Gasteiger partial charge in [-0.3, -0.25) is 4.79 Å². The predicted octanol–water partition coefficient (Wildman–Crippen LogP) is 3.06. The number of amides is 1. The molecule has 0 bridgehead atoms. The number of carbonyl (C=O) groups is 1. The molecule has 3 heterocycles. The Bertz CT molecular complexity index is 885. The lowest BCUT2D eigenvalue weighted by atomic mass is 9.98. The lowest BCUT2D eigenvalue weighted by molar-refractivity contribution is -0.160. The number of alkyl halides is 3. The maximum Gasteiger partial charge on any atom is 0.397 e. The second-order valence-electron chi connectivity index (χ2n) is 6.81. The number of nitrogens with zero attached hydrogens (tertiary/aromatic N) is 4. The van der Waals surface area contributed by atoms with Gasteiger partial charge in [-0.05, 0) is 18.4 Å². The molecule has 2 aromatic rings. The molecule has 27 heavy (non-hydrogen) atoms. The normalized spacial score (nSPS) is 20.1. The van der Waals surface area contributed by atoms with Crippen molar-refractivity contribution >= 4 is 22.6 Å². The third kappa shape index (κ3) is 3.70. The molecular weight excluding hydrogens is 359 g/mol. The third-order valence-electron chi connectivity index (χ3n) is 5.16. The number of rotatable bonds is 4. The quantitative estimate of drug-likeness (QED) is 0.886. The lowest BCUT2D eigenvalue weighted by Gasteiger charge is -2.31. The largest absolute Gasteiger partial charge is 0.397 e. The lowest BCUT2D eigenvalue weighted by Crippen LogP contribution is -2.40. The van der Waals surface area contributed by atoms with E-state index in [0.717, 1.165) is 5.39 Å². The van der Waals surface area contributed by atoms with Gasteiger partial charge in [-0.25, -0.2) is 4.98 Å². The second-order valence-corrected chi connectivity index (χ2v) is 6.81. The van der Waals surface area contributed by atoms with E-state index in [9.17, 15) is 23.2 Å². The van der Waals surface area contributed by atoms with E-state index in [1.54, 1.807) is 6.20 Å². The molecule has 144 valence electrons. The minimum Gasteiger partial charge on any atom is -0.368 e. The van der Waals surface area contributed by atoms with Crippen LogP contribution in [0.2, 0.25) is 0 Å². The number of carbonyl (C=O) groups excluding carboxylic acids is 1. The van der Waals surface area contributed by atoms with Crippen LogP contribution in [0.4, 0.5) is 18.9 Å². The van der Waals surface area contributed by atoms with Crippen molar-refractivity contribution in [3.63, 3.8) is 0 Å². The summed E-state index contributed by atoms with van der Waals surface area (Å²) in [6, 6.07) is 3.77. The zero-order valence-electron chi connectivity index (χ0n) is 15.0. The molecule has 0 aliphatic carbocycles. The van der Waals surface area contributed by atoms with E-state index < -0.39 is 18.5 Å². The number of nitrogens with one attached hydrogen (secondary N) is 1. The van der Waals surface area contributed by atoms with Crippen LogP contribution in [0.3, 0.4) is 0 Å². The van der Waals surface area contributed by atoms with E-state index in [1.165, 1.54) is 11.1 Å².